The van der Waals surface area contributed by atoms with Crippen LogP contribution in [-0.2, 0) is 18.9 Å². The summed E-state index contributed by atoms with van der Waals surface area (Å²) in [5.74, 6) is 1.49. The zero-order valence-corrected chi connectivity index (χ0v) is 11.7. The van der Waals surface area contributed by atoms with Crippen LogP contribution in [0, 0.1) is 6.92 Å². The predicted molar refractivity (Wildman–Crippen MR) is 68.6 cm³/mol. The molecule has 6 heteroatoms. The van der Waals surface area contributed by atoms with Crippen LogP contribution in [0.3, 0.4) is 0 Å². The van der Waals surface area contributed by atoms with E-state index in [-0.39, 0.29) is 0 Å². The Morgan fingerprint density at radius 2 is 2.24 bits per heavy atom. The van der Waals surface area contributed by atoms with Gasteiger partial charge in [0.05, 0.1) is 18.1 Å². The van der Waals surface area contributed by atoms with Crippen molar-refractivity contribution in [1.82, 2.24) is 19.6 Å². The third kappa shape index (κ3) is 2.36. The van der Waals surface area contributed by atoms with Crippen LogP contribution in [0.4, 0.5) is 0 Å². The Bertz CT molecular complexity index is 518. The van der Waals surface area contributed by atoms with Crippen molar-refractivity contribution in [3.63, 3.8) is 0 Å². The maximum atomic E-state index is 5.82. The molecule has 0 aromatic carbocycles. The maximum absolute atomic E-state index is 5.82. The number of aryl methyl sites for hydroxylation is 3. The fourth-order valence-corrected chi connectivity index (χ4v) is 2.29. The van der Waals surface area contributed by atoms with E-state index in [0.717, 1.165) is 34.8 Å². The lowest BCUT2D eigenvalue weighted by atomic mass is 10.3. The molecule has 2 aromatic rings. The molecule has 0 atom stereocenters. The minimum Gasteiger partial charge on any atom is -0.436 e. The summed E-state index contributed by atoms with van der Waals surface area (Å²) in [6.07, 6.45) is 3.59. The molecule has 0 unspecified atom stereocenters. The summed E-state index contributed by atoms with van der Waals surface area (Å²) in [5.41, 5.74) is 2.04. The van der Waals surface area contributed by atoms with Crippen LogP contribution >= 0.6 is 15.9 Å². The minimum absolute atomic E-state index is 0.726. The Morgan fingerprint density at radius 3 is 2.82 bits per heavy atom. The van der Waals surface area contributed by atoms with Crippen molar-refractivity contribution in [2.75, 3.05) is 0 Å². The molecule has 2 aromatic heterocycles. The highest BCUT2D eigenvalue weighted by Crippen LogP contribution is 2.28. The van der Waals surface area contributed by atoms with E-state index in [4.69, 9.17) is 4.74 Å². The van der Waals surface area contributed by atoms with Gasteiger partial charge in [0.25, 0.3) is 0 Å². The Balaban J connectivity index is 2.29. The van der Waals surface area contributed by atoms with E-state index in [1.165, 1.54) is 0 Å². The number of ether oxygens (including phenoxy) is 1. The maximum Gasteiger partial charge on any atom is 0.222 e. The molecule has 5 nitrogen and oxygen atoms in total. The SMILES string of the molecule is CCn1cc(Oc2c(CBr)c(C)nn2C)cn1. The fourth-order valence-electron chi connectivity index (χ4n) is 1.64. The second-order valence-electron chi connectivity index (χ2n) is 3.76. The van der Waals surface area contributed by atoms with E-state index in [1.54, 1.807) is 10.9 Å². The highest BCUT2D eigenvalue weighted by atomic mass is 79.9. The van der Waals surface area contributed by atoms with Gasteiger partial charge in [-0.25, -0.2) is 4.68 Å². The second kappa shape index (κ2) is 4.91. The van der Waals surface area contributed by atoms with Gasteiger partial charge in [-0.15, -0.1) is 0 Å². The van der Waals surface area contributed by atoms with Gasteiger partial charge in [0.1, 0.15) is 0 Å². The van der Waals surface area contributed by atoms with Crippen LogP contribution in [0.15, 0.2) is 12.4 Å². The number of halogens is 1. The molecule has 0 aliphatic rings. The zero-order valence-electron chi connectivity index (χ0n) is 10.1. The molecule has 0 amide bonds. The molecule has 0 aliphatic heterocycles. The summed E-state index contributed by atoms with van der Waals surface area (Å²) in [4.78, 5) is 0. The molecule has 0 fully saturated rings. The van der Waals surface area contributed by atoms with Crippen LogP contribution in [-0.4, -0.2) is 19.6 Å². The molecule has 0 saturated heterocycles. The van der Waals surface area contributed by atoms with E-state index < -0.39 is 0 Å². The van der Waals surface area contributed by atoms with Crippen molar-refractivity contribution >= 4 is 15.9 Å². The first kappa shape index (κ1) is 12.2. The van der Waals surface area contributed by atoms with Crippen molar-refractivity contribution in [2.45, 2.75) is 25.7 Å². The van der Waals surface area contributed by atoms with Crippen LogP contribution < -0.4 is 4.74 Å². The van der Waals surface area contributed by atoms with Gasteiger partial charge in [-0.3, -0.25) is 4.68 Å². The minimum atomic E-state index is 0.726. The lowest BCUT2D eigenvalue weighted by molar-refractivity contribution is 0.426. The molecule has 2 heterocycles. The molecular weight excluding hydrogens is 284 g/mol. The van der Waals surface area contributed by atoms with E-state index in [0.29, 0.717) is 0 Å². The van der Waals surface area contributed by atoms with Crippen molar-refractivity contribution in [3.8, 4) is 11.6 Å². The van der Waals surface area contributed by atoms with Crippen LogP contribution in [0.2, 0.25) is 0 Å². The summed E-state index contributed by atoms with van der Waals surface area (Å²) in [7, 11) is 1.87. The number of hydrogen-bond acceptors (Lipinski definition) is 3. The number of alkyl halides is 1. The van der Waals surface area contributed by atoms with Gasteiger partial charge >= 0.3 is 0 Å². The number of rotatable bonds is 4. The molecule has 17 heavy (non-hydrogen) atoms. The lowest BCUT2D eigenvalue weighted by Gasteiger charge is -2.04. The third-order valence-electron chi connectivity index (χ3n) is 2.57. The highest BCUT2D eigenvalue weighted by Gasteiger charge is 2.14. The third-order valence-corrected chi connectivity index (χ3v) is 3.13. The van der Waals surface area contributed by atoms with Gasteiger partial charge < -0.3 is 4.74 Å². The van der Waals surface area contributed by atoms with Crippen molar-refractivity contribution in [1.29, 1.82) is 0 Å². The van der Waals surface area contributed by atoms with Crippen LogP contribution in [0.5, 0.6) is 11.6 Å². The standard InChI is InChI=1S/C11H15BrN4O/c1-4-16-7-9(6-13-16)17-11-10(5-12)8(2)14-15(11)3/h6-7H,4-5H2,1-3H3. The molecule has 0 spiro atoms. The molecule has 0 aliphatic carbocycles. The topological polar surface area (TPSA) is 44.9 Å². The van der Waals surface area contributed by atoms with Gasteiger partial charge in [-0.2, -0.15) is 10.2 Å². The Kier molecular flexibility index (Phi) is 3.51. The largest absolute Gasteiger partial charge is 0.436 e. The monoisotopic (exact) mass is 298 g/mol. The smallest absolute Gasteiger partial charge is 0.222 e. The van der Waals surface area contributed by atoms with E-state index in [9.17, 15) is 0 Å². The van der Waals surface area contributed by atoms with Gasteiger partial charge in [0, 0.05) is 24.5 Å². The summed E-state index contributed by atoms with van der Waals surface area (Å²) in [5, 5.41) is 9.24. The molecular formula is C11H15BrN4O. The number of hydrogen-bond donors (Lipinski definition) is 0. The van der Waals surface area contributed by atoms with Gasteiger partial charge in [-0.1, -0.05) is 15.9 Å². The van der Waals surface area contributed by atoms with Crippen LogP contribution in [0.25, 0.3) is 0 Å². The highest BCUT2D eigenvalue weighted by molar-refractivity contribution is 9.08. The normalized spacial score (nSPS) is 10.8. The second-order valence-corrected chi connectivity index (χ2v) is 4.32. The van der Waals surface area contributed by atoms with Crippen molar-refractivity contribution < 1.29 is 4.74 Å². The first-order valence-electron chi connectivity index (χ1n) is 5.44. The van der Waals surface area contributed by atoms with Gasteiger partial charge in [-0.05, 0) is 13.8 Å². The fraction of sp³-hybridized carbons (Fsp3) is 0.455. The van der Waals surface area contributed by atoms with Crippen molar-refractivity contribution in [3.05, 3.63) is 23.7 Å². The average molecular weight is 299 g/mol. The molecule has 0 saturated carbocycles. The quantitative estimate of drug-likeness (QED) is 0.815. The average Bonchev–Trinajstić information content (AvgIpc) is 2.85. The van der Waals surface area contributed by atoms with Crippen LogP contribution in [0.1, 0.15) is 18.2 Å². The molecule has 2 rings (SSSR count). The van der Waals surface area contributed by atoms with Gasteiger partial charge in [0.2, 0.25) is 5.88 Å². The van der Waals surface area contributed by atoms with E-state index in [1.807, 2.05) is 31.8 Å². The molecule has 0 radical (unpaired) electrons. The summed E-state index contributed by atoms with van der Waals surface area (Å²) in [6, 6.07) is 0. The summed E-state index contributed by atoms with van der Waals surface area (Å²) >= 11 is 3.45. The van der Waals surface area contributed by atoms with E-state index in [2.05, 4.69) is 26.1 Å². The first-order valence-corrected chi connectivity index (χ1v) is 6.56. The van der Waals surface area contributed by atoms with E-state index >= 15 is 0 Å². The Hall–Kier alpha value is -1.30. The molecule has 92 valence electrons. The number of nitrogens with zero attached hydrogens (tertiary/aromatic N) is 4. The summed E-state index contributed by atoms with van der Waals surface area (Å²) < 4.78 is 9.39. The predicted octanol–water partition coefficient (Wildman–Crippen LogP) is 2.63. The number of aromatic nitrogens is 4. The summed E-state index contributed by atoms with van der Waals surface area (Å²) in [6.45, 7) is 4.84. The van der Waals surface area contributed by atoms with Crippen molar-refractivity contribution in [2.24, 2.45) is 7.05 Å². The molecule has 0 N–H and O–H groups in total. The lowest BCUT2D eigenvalue weighted by Crippen LogP contribution is -1.96. The van der Waals surface area contributed by atoms with Gasteiger partial charge in [0.15, 0.2) is 5.75 Å². The zero-order chi connectivity index (χ0) is 12.4. The Morgan fingerprint density at radius 1 is 1.47 bits per heavy atom. The molecule has 0 bridgehead atoms. The first-order chi connectivity index (χ1) is 8.15. The Labute approximate surface area is 109 Å².